The third-order valence-electron chi connectivity index (χ3n) is 4.85. The third-order valence-corrected chi connectivity index (χ3v) is 7.63. The summed E-state index contributed by atoms with van der Waals surface area (Å²) in [5.41, 5.74) is 0.635. The smallest absolute Gasteiger partial charge is 0.230 e. The Labute approximate surface area is 194 Å². The van der Waals surface area contributed by atoms with Crippen molar-refractivity contribution >= 4 is 42.4 Å². The lowest BCUT2D eigenvalue weighted by Gasteiger charge is -2.18. The van der Waals surface area contributed by atoms with Crippen LogP contribution in [0.5, 0.6) is 5.75 Å². The number of anilines is 1. The maximum atomic E-state index is 13.2. The molecule has 0 aliphatic heterocycles. The van der Waals surface area contributed by atoms with Crippen LogP contribution in [0, 0.1) is 5.82 Å². The number of aromatic nitrogens is 1. The SMILES string of the molecule is CCOc1cccc2sc(N(Cc3ccco3)C(=O)CCS(=O)(=O)c3ccc(F)cc3)nc12. The molecule has 0 saturated carbocycles. The molecule has 0 aliphatic carbocycles. The van der Waals surface area contributed by atoms with Crippen molar-refractivity contribution in [1.82, 2.24) is 4.98 Å². The summed E-state index contributed by atoms with van der Waals surface area (Å²) in [6.07, 6.45) is 1.23. The number of benzene rings is 2. The van der Waals surface area contributed by atoms with Gasteiger partial charge in [-0.05, 0) is 55.5 Å². The van der Waals surface area contributed by atoms with E-state index in [9.17, 15) is 17.6 Å². The normalized spacial score (nSPS) is 11.6. The Morgan fingerprint density at radius 1 is 1.15 bits per heavy atom. The first-order chi connectivity index (χ1) is 15.9. The van der Waals surface area contributed by atoms with Crippen LogP contribution in [-0.2, 0) is 21.2 Å². The molecule has 2 aromatic carbocycles. The van der Waals surface area contributed by atoms with Crippen molar-refractivity contribution in [3.8, 4) is 5.75 Å². The van der Waals surface area contributed by atoms with Crippen LogP contribution in [0.25, 0.3) is 10.2 Å². The first kappa shape index (κ1) is 22.9. The van der Waals surface area contributed by atoms with Crippen molar-refractivity contribution in [3.05, 3.63) is 72.4 Å². The van der Waals surface area contributed by atoms with E-state index >= 15 is 0 Å². The molecule has 1 amide bonds. The van der Waals surface area contributed by atoms with Gasteiger partial charge in [0, 0.05) is 6.42 Å². The van der Waals surface area contributed by atoms with Gasteiger partial charge in [0.15, 0.2) is 15.0 Å². The summed E-state index contributed by atoms with van der Waals surface area (Å²) in [6, 6.07) is 13.5. The van der Waals surface area contributed by atoms with Gasteiger partial charge in [0.25, 0.3) is 0 Å². The molecule has 33 heavy (non-hydrogen) atoms. The zero-order valence-electron chi connectivity index (χ0n) is 17.7. The van der Waals surface area contributed by atoms with Crippen molar-refractivity contribution in [2.75, 3.05) is 17.3 Å². The Balaban J connectivity index is 1.60. The number of hydrogen-bond acceptors (Lipinski definition) is 7. The number of rotatable bonds is 9. The van der Waals surface area contributed by atoms with Gasteiger partial charge < -0.3 is 9.15 Å². The number of sulfone groups is 1. The number of halogens is 1. The number of furan rings is 1. The molecule has 0 fully saturated rings. The lowest BCUT2D eigenvalue weighted by molar-refractivity contribution is -0.118. The van der Waals surface area contributed by atoms with E-state index in [4.69, 9.17) is 9.15 Å². The summed E-state index contributed by atoms with van der Waals surface area (Å²) in [5, 5.41) is 0.415. The molecule has 2 aromatic heterocycles. The van der Waals surface area contributed by atoms with Crippen molar-refractivity contribution < 1.29 is 26.8 Å². The molecule has 0 saturated heterocycles. The van der Waals surface area contributed by atoms with E-state index in [2.05, 4.69) is 4.98 Å². The fourth-order valence-corrected chi connectivity index (χ4v) is 5.47. The second-order valence-electron chi connectivity index (χ2n) is 7.11. The Hall–Kier alpha value is -3.24. The third kappa shape index (κ3) is 5.23. The molecule has 4 aromatic rings. The van der Waals surface area contributed by atoms with E-state index in [1.54, 1.807) is 12.1 Å². The number of amides is 1. The van der Waals surface area contributed by atoms with E-state index in [0.29, 0.717) is 28.8 Å². The first-order valence-electron chi connectivity index (χ1n) is 10.2. The molecular weight excluding hydrogens is 467 g/mol. The number of fused-ring (bicyclic) bond motifs is 1. The van der Waals surface area contributed by atoms with E-state index in [0.717, 1.165) is 16.8 Å². The minimum Gasteiger partial charge on any atom is -0.492 e. The van der Waals surface area contributed by atoms with E-state index < -0.39 is 27.3 Å². The predicted octanol–water partition coefficient (Wildman–Crippen LogP) is 4.82. The highest BCUT2D eigenvalue weighted by Gasteiger charge is 2.25. The van der Waals surface area contributed by atoms with Crippen LogP contribution >= 0.6 is 11.3 Å². The van der Waals surface area contributed by atoms with Gasteiger partial charge in [-0.15, -0.1) is 0 Å². The number of nitrogens with zero attached hydrogens (tertiary/aromatic N) is 2. The molecule has 0 atom stereocenters. The quantitative estimate of drug-likeness (QED) is 0.314. The predicted molar refractivity (Wildman–Crippen MR) is 124 cm³/mol. The standard InChI is InChI=1S/C23H21FN2O5S2/c1-2-30-19-6-3-7-20-22(19)25-23(32-20)26(15-17-5-4-13-31-17)21(27)12-14-33(28,29)18-10-8-16(24)9-11-18/h3-11,13H,2,12,14-15H2,1H3. The van der Waals surface area contributed by atoms with Crippen molar-refractivity contribution in [3.63, 3.8) is 0 Å². The van der Waals surface area contributed by atoms with Gasteiger partial charge in [-0.2, -0.15) is 0 Å². The average molecular weight is 489 g/mol. The van der Waals surface area contributed by atoms with Crippen LogP contribution in [0.1, 0.15) is 19.1 Å². The van der Waals surface area contributed by atoms with Crippen LogP contribution < -0.4 is 9.64 Å². The van der Waals surface area contributed by atoms with Crippen molar-refractivity contribution in [2.45, 2.75) is 24.8 Å². The summed E-state index contributed by atoms with van der Waals surface area (Å²) >= 11 is 1.31. The first-order valence-corrected chi connectivity index (χ1v) is 12.7. The van der Waals surface area contributed by atoms with Crippen molar-refractivity contribution in [1.29, 1.82) is 0 Å². The fraction of sp³-hybridized carbons (Fsp3) is 0.217. The van der Waals surface area contributed by atoms with Gasteiger partial charge in [-0.1, -0.05) is 17.4 Å². The molecule has 2 heterocycles. The highest BCUT2D eigenvalue weighted by atomic mass is 32.2. The van der Waals surface area contributed by atoms with Crippen LogP contribution in [0.2, 0.25) is 0 Å². The zero-order chi connectivity index (χ0) is 23.4. The van der Waals surface area contributed by atoms with Crippen LogP contribution in [0.4, 0.5) is 9.52 Å². The summed E-state index contributed by atoms with van der Waals surface area (Å²) in [7, 11) is -3.76. The second kappa shape index (κ2) is 9.72. The summed E-state index contributed by atoms with van der Waals surface area (Å²) < 4.78 is 50.3. The Morgan fingerprint density at radius 2 is 1.94 bits per heavy atom. The van der Waals surface area contributed by atoms with E-state index in [1.807, 2.05) is 25.1 Å². The molecule has 4 rings (SSSR count). The number of hydrogen-bond donors (Lipinski definition) is 0. The topological polar surface area (TPSA) is 89.7 Å². The zero-order valence-corrected chi connectivity index (χ0v) is 19.4. The molecule has 10 heteroatoms. The molecule has 172 valence electrons. The lowest BCUT2D eigenvalue weighted by Crippen LogP contribution is -2.31. The maximum absolute atomic E-state index is 13.2. The van der Waals surface area contributed by atoms with E-state index in [1.165, 1.54) is 34.6 Å². The van der Waals surface area contributed by atoms with Crippen molar-refractivity contribution in [2.24, 2.45) is 0 Å². The van der Waals surface area contributed by atoms with Gasteiger partial charge in [-0.25, -0.2) is 17.8 Å². The molecule has 0 N–H and O–H groups in total. The molecule has 0 aliphatic rings. The monoisotopic (exact) mass is 488 g/mol. The average Bonchev–Trinajstić information content (AvgIpc) is 3.46. The number of carbonyl (C=O) groups excluding carboxylic acids is 1. The number of para-hydroxylation sites is 1. The largest absolute Gasteiger partial charge is 0.492 e. The van der Waals surface area contributed by atoms with Gasteiger partial charge in [0.2, 0.25) is 5.91 Å². The van der Waals surface area contributed by atoms with Crippen LogP contribution in [-0.4, -0.2) is 31.7 Å². The minimum absolute atomic E-state index is 0.0318. The minimum atomic E-state index is -3.76. The Bertz CT molecular complexity index is 1350. The molecule has 7 nitrogen and oxygen atoms in total. The molecule has 0 bridgehead atoms. The van der Waals surface area contributed by atoms with Crippen LogP contribution in [0.3, 0.4) is 0 Å². The lowest BCUT2D eigenvalue weighted by atomic mass is 10.3. The van der Waals surface area contributed by atoms with Gasteiger partial charge in [0.05, 0.1) is 34.8 Å². The molecule has 0 unspecified atom stereocenters. The van der Waals surface area contributed by atoms with Gasteiger partial charge >= 0.3 is 0 Å². The van der Waals surface area contributed by atoms with Gasteiger partial charge in [0.1, 0.15) is 22.8 Å². The number of carbonyl (C=O) groups is 1. The van der Waals surface area contributed by atoms with Crippen LogP contribution in [0.15, 0.2) is 70.2 Å². The summed E-state index contributed by atoms with van der Waals surface area (Å²) in [5.74, 6) is -0.219. The van der Waals surface area contributed by atoms with Gasteiger partial charge in [-0.3, -0.25) is 9.69 Å². The number of ether oxygens (including phenoxy) is 1. The summed E-state index contributed by atoms with van der Waals surface area (Å²) in [6.45, 7) is 2.45. The Kier molecular flexibility index (Phi) is 6.75. The highest BCUT2D eigenvalue weighted by Crippen LogP contribution is 2.35. The molecular formula is C23H21FN2O5S2. The molecule has 0 spiro atoms. The summed E-state index contributed by atoms with van der Waals surface area (Å²) in [4.78, 5) is 19.2. The Morgan fingerprint density at radius 3 is 2.64 bits per heavy atom. The number of thiazole rings is 1. The van der Waals surface area contributed by atoms with E-state index in [-0.39, 0.29) is 17.9 Å². The maximum Gasteiger partial charge on any atom is 0.230 e. The highest BCUT2D eigenvalue weighted by molar-refractivity contribution is 7.91. The fourth-order valence-electron chi connectivity index (χ4n) is 3.24. The second-order valence-corrected chi connectivity index (χ2v) is 10.2. The molecule has 0 radical (unpaired) electrons.